The Hall–Kier alpha value is -1.88. The number of nitrogens with zero attached hydrogens (tertiary/aromatic N) is 4. The number of hydrogen-bond acceptors (Lipinski definition) is 5. The molecular weight excluding hydrogens is 381 g/mol. The number of guanidine groups is 1. The van der Waals surface area contributed by atoms with E-state index in [1.807, 2.05) is 4.90 Å². The standard InChI is InChI=1S/C16H23F3N6OS/c1-20-15(21-8-14-23-12(10-27-14)16(17,18)19)25-6-4-24(5-7-25)9-13(26)22-11-2-3-11/h10-11H,2-9H2,1H3,(H,20,21)(H,22,26). The summed E-state index contributed by atoms with van der Waals surface area (Å²) >= 11 is 0.973. The van der Waals surface area contributed by atoms with E-state index in [1.54, 1.807) is 7.05 Å². The second kappa shape index (κ2) is 8.42. The van der Waals surface area contributed by atoms with E-state index in [9.17, 15) is 18.0 Å². The summed E-state index contributed by atoms with van der Waals surface area (Å²) in [5.41, 5.74) is -0.864. The number of carbonyl (C=O) groups excluding carboxylic acids is 1. The Morgan fingerprint density at radius 1 is 1.33 bits per heavy atom. The predicted octanol–water partition coefficient (Wildman–Crippen LogP) is 1.13. The second-order valence-corrected chi connectivity index (χ2v) is 7.57. The van der Waals surface area contributed by atoms with Crippen LogP contribution in [-0.2, 0) is 17.5 Å². The molecule has 0 aromatic carbocycles. The van der Waals surface area contributed by atoms with Crippen molar-refractivity contribution in [2.75, 3.05) is 39.8 Å². The maximum absolute atomic E-state index is 12.6. The number of piperazine rings is 1. The van der Waals surface area contributed by atoms with Gasteiger partial charge in [0.15, 0.2) is 11.7 Å². The Kier molecular flexibility index (Phi) is 6.20. The van der Waals surface area contributed by atoms with E-state index in [2.05, 4.69) is 25.5 Å². The fourth-order valence-electron chi connectivity index (χ4n) is 2.83. The highest BCUT2D eigenvalue weighted by molar-refractivity contribution is 7.09. The lowest BCUT2D eigenvalue weighted by molar-refractivity contribution is -0.140. The number of aromatic nitrogens is 1. The second-order valence-electron chi connectivity index (χ2n) is 6.63. The molecule has 27 heavy (non-hydrogen) atoms. The lowest BCUT2D eigenvalue weighted by Gasteiger charge is -2.36. The molecular formula is C16H23F3N6OS. The molecule has 1 aromatic rings. The summed E-state index contributed by atoms with van der Waals surface area (Å²) in [7, 11) is 1.64. The zero-order chi connectivity index (χ0) is 19.4. The van der Waals surface area contributed by atoms with Gasteiger partial charge in [-0.2, -0.15) is 13.2 Å². The molecule has 0 unspecified atom stereocenters. The molecule has 2 heterocycles. The summed E-state index contributed by atoms with van der Waals surface area (Å²) in [6.07, 6.45) is -2.27. The average Bonchev–Trinajstić information content (AvgIpc) is 3.28. The molecule has 3 rings (SSSR count). The third kappa shape index (κ3) is 5.80. The largest absolute Gasteiger partial charge is 0.434 e. The van der Waals surface area contributed by atoms with Gasteiger partial charge < -0.3 is 15.5 Å². The maximum atomic E-state index is 12.6. The minimum Gasteiger partial charge on any atom is -0.352 e. The molecule has 1 saturated heterocycles. The van der Waals surface area contributed by atoms with Gasteiger partial charge in [-0.25, -0.2) is 4.98 Å². The van der Waals surface area contributed by atoms with Gasteiger partial charge in [0, 0.05) is 44.6 Å². The van der Waals surface area contributed by atoms with Crippen LogP contribution in [0.1, 0.15) is 23.5 Å². The molecule has 1 aromatic heterocycles. The predicted molar refractivity (Wildman–Crippen MR) is 96.5 cm³/mol. The first-order chi connectivity index (χ1) is 12.8. The quantitative estimate of drug-likeness (QED) is 0.569. The number of carbonyl (C=O) groups is 1. The Balaban J connectivity index is 1.43. The van der Waals surface area contributed by atoms with Crippen molar-refractivity contribution in [1.82, 2.24) is 25.4 Å². The van der Waals surface area contributed by atoms with Crippen LogP contribution >= 0.6 is 11.3 Å². The summed E-state index contributed by atoms with van der Waals surface area (Å²) in [6.45, 7) is 3.44. The van der Waals surface area contributed by atoms with Gasteiger partial charge in [-0.15, -0.1) is 11.3 Å². The molecule has 1 saturated carbocycles. The van der Waals surface area contributed by atoms with Gasteiger partial charge in [0.1, 0.15) is 5.01 Å². The smallest absolute Gasteiger partial charge is 0.352 e. The van der Waals surface area contributed by atoms with Crippen molar-refractivity contribution < 1.29 is 18.0 Å². The molecule has 0 spiro atoms. The van der Waals surface area contributed by atoms with Crippen molar-refractivity contribution >= 4 is 23.2 Å². The lowest BCUT2D eigenvalue weighted by atomic mass is 10.3. The van der Waals surface area contributed by atoms with Crippen molar-refractivity contribution in [2.45, 2.75) is 31.6 Å². The van der Waals surface area contributed by atoms with E-state index in [-0.39, 0.29) is 12.5 Å². The van der Waals surface area contributed by atoms with Crippen molar-refractivity contribution in [3.8, 4) is 0 Å². The summed E-state index contributed by atoms with van der Waals surface area (Å²) in [6, 6.07) is 0.366. The number of aliphatic imine (C=N–C) groups is 1. The van der Waals surface area contributed by atoms with Gasteiger partial charge in [0.25, 0.3) is 0 Å². The first kappa shape index (κ1) is 19.9. The van der Waals surface area contributed by atoms with Crippen LogP contribution in [0.2, 0.25) is 0 Å². The molecule has 11 heteroatoms. The van der Waals surface area contributed by atoms with E-state index in [1.165, 1.54) is 0 Å². The van der Waals surface area contributed by atoms with Crippen LogP contribution in [0, 0.1) is 0 Å². The molecule has 2 N–H and O–H groups in total. The van der Waals surface area contributed by atoms with Crippen molar-refractivity contribution in [3.63, 3.8) is 0 Å². The average molecular weight is 404 g/mol. The highest BCUT2D eigenvalue weighted by Gasteiger charge is 2.33. The van der Waals surface area contributed by atoms with Gasteiger partial charge in [-0.05, 0) is 12.8 Å². The van der Waals surface area contributed by atoms with Crippen LogP contribution in [0.25, 0.3) is 0 Å². The number of halogens is 3. The van der Waals surface area contributed by atoms with Crippen molar-refractivity contribution in [3.05, 3.63) is 16.1 Å². The fraction of sp³-hybridized carbons (Fsp3) is 0.688. The van der Waals surface area contributed by atoms with Crippen molar-refractivity contribution in [1.29, 1.82) is 0 Å². The molecule has 2 aliphatic rings. The number of alkyl halides is 3. The molecule has 0 radical (unpaired) electrons. The summed E-state index contributed by atoms with van der Waals surface area (Å²) in [5.74, 6) is 0.693. The molecule has 1 aliphatic carbocycles. The highest BCUT2D eigenvalue weighted by atomic mass is 32.1. The highest BCUT2D eigenvalue weighted by Crippen LogP contribution is 2.29. The Labute approximate surface area is 159 Å². The van der Waals surface area contributed by atoms with Crippen LogP contribution in [0.15, 0.2) is 10.4 Å². The molecule has 7 nitrogen and oxygen atoms in total. The monoisotopic (exact) mass is 404 g/mol. The van der Waals surface area contributed by atoms with Gasteiger partial charge >= 0.3 is 6.18 Å². The first-order valence-electron chi connectivity index (χ1n) is 8.84. The number of nitrogens with one attached hydrogen (secondary N) is 2. The molecule has 2 fully saturated rings. The van der Waals surface area contributed by atoms with E-state index in [0.29, 0.717) is 36.6 Å². The zero-order valence-corrected chi connectivity index (χ0v) is 15.9. The minimum absolute atomic E-state index is 0.0673. The number of amides is 1. The number of hydrogen-bond donors (Lipinski definition) is 2. The van der Waals surface area contributed by atoms with Crippen LogP contribution in [0.5, 0.6) is 0 Å². The first-order valence-corrected chi connectivity index (χ1v) is 9.72. The van der Waals surface area contributed by atoms with Gasteiger partial charge in [-0.1, -0.05) is 0 Å². The third-order valence-corrected chi connectivity index (χ3v) is 5.28. The van der Waals surface area contributed by atoms with E-state index in [4.69, 9.17) is 0 Å². The SMILES string of the molecule is CN=C(NCc1nc(C(F)(F)F)cs1)N1CCN(CC(=O)NC2CC2)CC1. The fourth-order valence-corrected chi connectivity index (χ4v) is 3.57. The zero-order valence-electron chi connectivity index (χ0n) is 15.1. The summed E-state index contributed by atoms with van der Waals surface area (Å²) < 4.78 is 37.8. The molecule has 1 amide bonds. The topological polar surface area (TPSA) is 72.9 Å². The van der Waals surface area contributed by atoms with E-state index in [0.717, 1.165) is 42.6 Å². The van der Waals surface area contributed by atoms with Gasteiger partial charge in [0.05, 0.1) is 13.1 Å². The van der Waals surface area contributed by atoms with E-state index < -0.39 is 11.9 Å². The van der Waals surface area contributed by atoms with Crippen LogP contribution in [0.3, 0.4) is 0 Å². The minimum atomic E-state index is -4.42. The Morgan fingerprint density at radius 3 is 2.59 bits per heavy atom. The number of thiazole rings is 1. The van der Waals surface area contributed by atoms with Crippen LogP contribution in [-0.4, -0.2) is 72.5 Å². The van der Waals surface area contributed by atoms with Crippen molar-refractivity contribution in [2.24, 2.45) is 4.99 Å². The molecule has 0 atom stereocenters. The normalized spacial score (nSPS) is 19.3. The number of rotatable bonds is 5. The molecule has 150 valence electrons. The summed E-state index contributed by atoms with van der Waals surface area (Å²) in [4.78, 5) is 23.8. The van der Waals surface area contributed by atoms with E-state index >= 15 is 0 Å². The molecule has 1 aliphatic heterocycles. The molecule has 0 bridgehead atoms. The lowest BCUT2D eigenvalue weighted by Crippen LogP contribution is -2.54. The van der Waals surface area contributed by atoms with Crippen LogP contribution < -0.4 is 10.6 Å². The Morgan fingerprint density at radius 2 is 2.04 bits per heavy atom. The maximum Gasteiger partial charge on any atom is 0.434 e. The third-order valence-electron chi connectivity index (χ3n) is 4.43. The Bertz CT molecular complexity index is 680. The summed E-state index contributed by atoms with van der Waals surface area (Å²) in [5, 5.41) is 7.43. The van der Waals surface area contributed by atoms with Crippen LogP contribution in [0.4, 0.5) is 13.2 Å². The van der Waals surface area contributed by atoms with Gasteiger partial charge in [-0.3, -0.25) is 14.7 Å². The van der Waals surface area contributed by atoms with Gasteiger partial charge in [0.2, 0.25) is 5.91 Å².